The highest BCUT2D eigenvalue weighted by Gasteiger charge is 2.11. The summed E-state index contributed by atoms with van der Waals surface area (Å²) in [6, 6.07) is 10.3. The van der Waals surface area contributed by atoms with Crippen molar-refractivity contribution in [2.45, 2.75) is 13.0 Å². The minimum atomic E-state index is 0.799. The predicted octanol–water partition coefficient (Wildman–Crippen LogP) is 2.63. The number of pyridine rings is 1. The number of hydrogen-bond donors (Lipinski definition) is 1. The van der Waals surface area contributed by atoms with Crippen LogP contribution in [0.3, 0.4) is 0 Å². The zero-order valence-electron chi connectivity index (χ0n) is 9.52. The van der Waals surface area contributed by atoms with Crippen LogP contribution in [0.25, 0.3) is 0 Å². The third kappa shape index (κ3) is 2.23. The van der Waals surface area contributed by atoms with Crippen LogP contribution in [0.5, 0.6) is 5.75 Å². The first kappa shape index (κ1) is 10.1. The average molecular weight is 226 g/mol. The van der Waals surface area contributed by atoms with E-state index in [1.165, 1.54) is 11.1 Å². The molecule has 17 heavy (non-hydrogen) atoms. The van der Waals surface area contributed by atoms with Crippen molar-refractivity contribution in [3.05, 3.63) is 53.9 Å². The Bertz CT molecular complexity index is 511. The molecule has 1 aliphatic heterocycles. The minimum absolute atomic E-state index is 0.799. The molecule has 0 atom stereocenters. The molecule has 0 unspecified atom stereocenters. The second kappa shape index (κ2) is 4.45. The fraction of sp³-hybridized carbons (Fsp3) is 0.214. The molecule has 0 radical (unpaired) electrons. The SMILES string of the molecule is c1cncc(CNc2ccc3c(c2)CCO3)c1. The summed E-state index contributed by atoms with van der Waals surface area (Å²) in [6.45, 7) is 1.61. The summed E-state index contributed by atoms with van der Waals surface area (Å²) in [7, 11) is 0. The monoisotopic (exact) mass is 226 g/mol. The van der Waals surface area contributed by atoms with Crippen LogP contribution in [0.1, 0.15) is 11.1 Å². The fourth-order valence-electron chi connectivity index (χ4n) is 2.00. The summed E-state index contributed by atoms with van der Waals surface area (Å²) >= 11 is 0. The van der Waals surface area contributed by atoms with Gasteiger partial charge in [0.25, 0.3) is 0 Å². The van der Waals surface area contributed by atoms with Crippen molar-refractivity contribution in [1.82, 2.24) is 4.98 Å². The van der Waals surface area contributed by atoms with E-state index in [0.717, 1.165) is 31.0 Å². The van der Waals surface area contributed by atoms with Gasteiger partial charge in [0.1, 0.15) is 5.75 Å². The molecule has 3 nitrogen and oxygen atoms in total. The van der Waals surface area contributed by atoms with E-state index < -0.39 is 0 Å². The van der Waals surface area contributed by atoms with Gasteiger partial charge in [0, 0.05) is 31.0 Å². The van der Waals surface area contributed by atoms with Crippen LogP contribution in [0.4, 0.5) is 5.69 Å². The Kier molecular flexibility index (Phi) is 2.66. The summed E-state index contributed by atoms with van der Waals surface area (Å²) < 4.78 is 5.48. The molecule has 0 saturated heterocycles. The Morgan fingerprint density at radius 2 is 2.29 bits per heavy atom. The van der Waals surface area contributed by atoms with Gasteiger partial charge in [-0.1, -0.05) is 6.07 Å². The van der Waals surface area contributed by atoms with E-state index >= 15 is 0 Å². The molecule has 1 aromatic heterocycles. The summed E-state index contributed by atoms with van der Waals surface area (Å²) in [6.07, 6.45) is 4.68. The first-order valence-electron chi connectivity index (χ1n) is 5.80. The number of nitrogens with zero attached hydrogens (tertiary/aromatic N) is 1. The van der Waals surface area contributed by atoms with Crippen molar-refractivity contribution in [3.8, 4) is 5.75 Å². The fourth-order valence-corrected chi connectivity index (χ4v) is 2.00. The van der Waals surface area contributed by atoms with Gasteiger partial charge >= 0.3 is 0 Å². The number of ether oxygens (including phenoxy) is 1. The molecule has 0 saturated carbocycles. The maximum absolute atomic E-state index is 5.48. The van der Waals surface area contributed by atoms with Gasteiger partial charge in [-0.3, -0.25) is 4.98 Å². The van der Waals surface area contributed by atoms with Gasteiger partial charge in [-0.25, -0.2) is 0 Å². The minimum Gasteiger partial charge on any atom is -0.493 e. The van der Waals surface area contributed by atoms with Gasteiger partial charge < -0.3 is 10.1 Å². The largest absolute Gasteiger partial charge is 0.493 e. The lowest BCUT2D eigenvalue weighted by molar-refractivity contribution is 0.357. The molecule has 3 rings (SSSR count). The Balaban J connectivity index is 1.70. The van der Waals surface area contributed by atoms with Crippen LogP contribution in [-0.4, -0.2) is 11.6 Å². The highest BCUT2D eigenvalue weighted by molar-refractivity contribution is 5.52. The van der Waals surface area contributed by atoms with Crippen molar-refractivity contribution in [1.29, 1.82) is 0 Å². The lowest BCUT2D eigenvalue weighted by atomic mass is 10.1. The summed E-state index contributed by atoms with van der Waals surface area (Å²) in [5, 5.41) is 3.40. The summed E-state index contributed by atoms with van der Waals surface area (Å²) in [4.78, 5) is 4.09. The van der Waals surface area contributed by atoms with Crippen LogP contribution in [0.15, 0.2) is 42.7 Å². The van der Waals surface area contributed by atoms with E-state index in [9.17, 15) is 0 Å². The molecule has 3 heteroatoms. The van der Waals surface area contributed by atoms with Gasteiger partial charge in [-0.05, 0) is 35.4 Å². The molecule has 0 fully saturated rings. The third-order valence-corrected chi connectivity index (χ3v) is 2.91. The van der Waals surface area contributed by atoms with Crippen molar-refractivity contribution in [2.75, 3.05) is 11.9 Å². The highest BCUT2D eigenvalue weighted by atomic mass is 16.5. The van der Waals surface area contributed by atoms with E-state index in [-0.39, 0.29) is 0 Å². The zero-order chi connectivity index (χ0) is 11.5. The maximum Gasteiger partial charge on any atom is 0.122 e. The molecule has 0 bridgehead atoms. The first-order valence-corrected chi connectivity index (χ1v) is 5.80. The molecule has 1 N–H and O–H groups in total. The Morgan fingerprint density at radius 3 is 3.18 bits per heavy atom. The van der Waals surface area contributed by atoms with Crippen LogP contribution < -0.4 is 10.1 Å². The average Bonchev–Trinajstić information content (AvgIpc) is 2.85. The Labute approximate surface area is 100 Å². The maximum atomic E-state index is 5.48. The van der Waals surface area contributed by atoms with Crippen LogP contribution in [0, 0.1) is 0 Å². The molecule has 1 aromatic carbocycles. The second-order valence-electron chi connectivity index (χ2n) is 4.14. The smallest absolute Gasteiger partial charge is 0.122 e. The summed E-state index contributed by atoms with van der Waals surface area (Å²) in [5.74, 6) is 1.02. The standard InChI is InChI=1S/C14H14N2O/c1-2-11(9-15-6-1)10-16-13-3-4-14-12(8-13)5-7-17-14/h1-4,6,8-9,16H,5,7,10H2. The van der Waals surface area contributed by atoms with Crippen molar-refractivity contribution in [3.63, 3.8) is 0 Å². The molecule has 2 heterocycles. The van der Waals surface area contributed by atoms with Gasteiger partial charge in [-0.15, -0.1) is 0 Å². The zero-order valence-corrected chi connectivity index (χ0v) is 9.52. The van der Waals surface area contributed by atoms with Crippen LogP contribution in [0.2, 0.25) is 0 Å². The first-order chi connectivity index (χ1) is 8.42. The Hall–Kier alpha value is -2.03. The number of fused-ring (bicyclic) bond motifs is 1. The quantitative estimate of drug-likeness (QED) is 0.873. The van der Waals surface area contributed by atoms with E-state index in [2.05, 4.69) is 28.5 Å². The topological polar surface area (TPSA) is 34.2 Å². The number of anilines is 1. The number of hydrogen-bond acceptors (Lipinski definition) is 3. The summed E-state index contributed by atoms with van der Waals surface area (Å²) in [5.41, 5.74) is 3.61. The molecule has 0 aliphatic carbocycles. The normalized spacial score (nSPS) is 12.9. The van der Waals surface area contributed by atoms with E-state index in [1.54, 1.807) is 6.20 Å². The van der Waals surface area contributed by atoms with Crippen LogP contribution >= 0.6 is 0 Å². The number of benzene rings is 1. The lowest BCUT2D eigenvalue weighted by Gasteiger charge is -2.07. The molecule has 1 aliphatic rings. The van der Waals surface area contributed by atoms with Gasteiger partial charge in [0.2, 0.25) is 0 Å². The molecule has 0 amide bonds. The van der Waals surface area contributed by atoms with Crippen molar-refractivity contribution in [2.24, 2.45) is 0 Å². The molecule has 86 valence electrons. The molecular weight excluding hydrogens is 212 g/mol. The molecule has 2 aromatic rings. The third-order valence-electron chi connectivity index (χ3n) is 2.91. The van der Waals surface area contributed by atoms with Crippen LogP contribution in [-0.2, 0) is 13.0 Å². The van der Waals surface area contributed by atoms with Crippen molar-refractivity contribution >= 4 is 5.69 Å². The van der Waals surface area contributed by atoms with Gasteiger partial charge in [0.05, 0.1) is 6.61 Å². The second-order valence-corrected chi connectivity index (χ2v) is 4.14. The molecular formula is C14H14N2O. The number of nitrogens with one attached hydrogen (secondary N) is 1. The van der Waals surface area contributed by atoms with Gasteiger partial charge in [-0.2, -0.15) is 0 Å². The van der Waals surface area contributed by atoms with E-state index in [4.69, 9.17) is 4.74 Å². The Morgan fingerprint density at radius 1 is 1.29 bits per heavy atom. The van der Waals surface area contributed by atoms with E-state index in [0.29, 0.717) is 0 Å². The van der Waals surface area contributed by atoms with Gasteiger partial charge in [0.15, 0.2) is 0 Å². The number of aromatic nitrogens is 1. The molecule has 0 spiro atoms. The number of rotatable bonds is 3. The lowest BCUT2D eigenvalue weighted by Crippen LogP contribution is -1.99. The predicted molar refractivity (Wildman–Crippen MR) is 67.2 cm³/mol. The van der Waals surface area contributed by atoms with E-state index in [1.807, 2.05) is 18.3 Å². The highest BCUT2D eigenvalue weighted by Crippen LogP contribution is 2.27. The van der Waals surface area contributed by atoms with Crippen molar-refractivity contribution < 1.29 is 4.74 Å².